The Kier molecular flexibility index (Phi) is 4.25. The van der Waals surface area contributed by atoms with E-state index in [0.29, 0.717) is 5.15 Å². The lowest BCUT2D eigenvalue weighted by Crippen LogP contribution is -2.07. The molecule has 18 heavy (non-hydrogen) atoms. The molecule has 2 nitrogen and oxygen atoms in total. The standard InChI is InChI=1S/C14H14BrClN2/c1-9-3-5-11(6-4-9)10(2)18-13-7-12(15)8-17-14(13)16/h3-8,10,18H,1-2H3. The van der Waals surface area contributed by atoms with Crippen molar-refractivity contribution in [3.8, 4) is 0 Å². The Balaban J connectivity index is 2.18. The molecule has 94 valence electrons. The van der Waals surface area contributed by atoms with Gasteiger partial charge < -0.3 is 5.32 Å². The Morgan fingerprint density at radius 2 is 1.94 bits per heavy atom. The van der Waals surface area contributed by atoms with Crippen molar-refractivity contribution >= 4 is 33.2 Å². The first kappa shape index (κ1) is 13.4. The average Bonchev–Trinajstić information content (AvgIpc) is 2.34. The summed E-state index contributed by atoms with van der Waals surface area (Å²) in [5.41, 5.74) is 3.31. The van der Waals surface area contributed by atoms with Crippen molar-refractivity contribution in [3.63, 3.8) is 0 Å². The molecule has 1 heterocycles. The van der Waals surface area contributed by atoms with E-state index < -0.39 is 0 Å². The molecule has 0 aliphatic rings. The van der Waals surface area contributed by atoms with Crippen molar-refractivity contribution in [2.75, 3.05) is 5.32 Å². The minimum atomic E-state index is 0.180. The smallest absolute Gasteiger partial charge is 0.152 e. The maximum atomic E-state index is 6.06. The van der Waals surface area contributed by atoms with Crippen LogP contribution in [0.3, 0.4) is 0 Å². The number of aryl methyl sites for hydroxylation is 1. The van der Waals surface area contributed by atoms with Crippen LogP contribution in [-0.4, -0.2) is 4.98 Å². The van der Waals surface area contributed by atoms with E-state index in [-0.39, 0.29) is 6.04 Å². The lowest BCUT2D eigenvalue weighted by Gasteiger charge is -2.16. The topological polar surface area (TPSA) is 24.9 Å². The molecule has 0 bridgehead atoms. The fourth-order valence-corrected chi connectivity index (χ4v) is 2.18. The summed E-state index contributed by atoms with van der Waals surface area (Å²) < 4.78 is 0.908. The third-order valence-corrected chi connectivity index (χ3v) is 3.49. The zero-order valence-corrected chi connectivity index (χ0v) is 12.6. The van der Waals surface area contributed by atoms with Crippen LogP contribution in [0.15, 0.2) is 41.0 Å². The summed E-state index contributed by atoms with van der Waals surface area (Å²) in [6.07, 6.45) is 1.68. The maximum absolute atomic E-state index is 6.06. The number of rotatable bonds is 3. The Labute approximate surface area is 121 Å². The van der Waals surface area contributed by atoms with Crippen LogP contribution < -0.4 is 5.32 Å². The molecule has 0 saturated carbocycles. The zero-order valence-electron chi connectivity index (χ0n) is 10.2. The summed E-state index contributed by atoms with van der Waals surface area (Å²) in [5.74, 6) is 0. The van der Waals surface area contributed by atoms with Crippen LogP contribution in [0, 0.1) is 6.92 Å². The molecule has 0 saturated heterocycles. The van der Waals surface area contributed by atoms with Gasteiger partial charge in [-0.15, -0.1) is 0 Å². The molecule has 1 aromatic heterocycles. The molecule has 0 fully saturated rings. The van der Waals surface area contributed by atoms with Gasteiger partial charge in [-0.05, 0) is 41.4 Å². The van der Waals surface area contributed by atoms with Crippen LogP contribution in [0.5, 0.6) is 0 Å². The molecule has 1 aromatic carbocycles. The Morgan fingerprint density at radius 3 is 2.61 bits per heavy atom. The number of aromatic nitrogens is 1. The van der Waals surface area contributed by atoms with Crippen LogP contribution in [-0.2, 0) is 0 Å². The highest BCUT2D eigenvalue weighted by atomic mass is 79.9. The number of pyridine rings is 1. The Hall–Kier alpha value is -1.06. The first-order valence-electron chi connectivity index (χ1n) is 5.70. The number of nitrogens with one attached hydrogen (secondary N) is 1. The highest BCUT2D eigenvalue weighted by Crippen LogP contribution is 2.27. The molecular formula is C14H14BrClN2. The van der Waals surface area contributed by atoms with Gasteiger partial charge >= 0.3 is 0 Å². The molecule has 1 unspecified atom stereocenters. The molecule has 0 radical (unpaired) electrons. The predicted molar refractivity (Wildman–Crippen MR) is 80.2 cm³/mol. The minimum Gasteiger partial charge on any atom is -0.376 e. The van der Waals surface area contributed by atoms with Crippen molar-refractivity contribution in [3.05, 3.63) is 57.3 Å². The number of hydrogen-bond donors (Lipinski definition) is 1. The van der Waals surface area contributed by atoms with Crippen LogP contribution >= 0.6 is 27.5 Å². The first-order chi connectivity index (χ1) is 8.56. The molecule has 2 aromatic rings. The Bertz CT molecular complexity index is 540. The normalized spacial score (nSPS) is 12.2. The summed E-state index contributed by atoms with van der Waals surface area (Å²) in [6, 6.07) is 10.6. The fraction of sp³-hybridized carbons (Fsp3) is 0.214. The molecule has 0 spiro atoms. The number of halogens is 2. The molecule has 4 heteroatoms. The largest absolute Gasteiger partial charge is 0.376 e. The number of nitrogens with zero attached hydrogens (tertiary/aromatic N) is 1. The summed E-state index contributed by atoms with van der Waals surface area (Å²) in [6.45, 7) is 4.18. The molecule has 1 N–H and O–H groups in total. The van der Waals surface area contributed by atoms with Gasteiger partial charge in [0.05, 0.1) is 5.69 Å². The highest BCUT2D eigenvalue weighted by molar-refractivity contribution is 9.10. The van der Waals surface area contributed by atoms with Crippen molar-refractivity contribution in [1.82, 2.24) is 4.98 Å². The van der Waals surface area contributed by atoms with Gasteiger partial charge in [0.25, 0.3) is 0 Å². The van der Waals surface area contributed by atoms with Gasteiger partial charge in [-0.25, -0.2) is 4.98 Å². The van der Waals surface area contributed by atoms with Gasteiger partial charge in [-0.3, -0.25) is 0 Å². The number of anilines is 1. The van der Waals surface area contributed by atoms with Crippen LogP contribution in [0.1, 0.15) is 24.1 Å². The predicted octanol–water partition coefficient (Wildman–Crippen LogP) is 4.98. The number of hydrogen-bond acceptors (Lipinski definition) is 2. The Morgan fingerprint density at radius 1 is 1.28 bits per heavy atom. The second-order valence-corrected chi connectivity index (χ2v) is 5.54. The molecule has 2 rings (SSSR count). The van der Waals surface area contributed by atoms with E-state index in [4.69, 9.17) is 11.6 Å². The van der Waals surface area contributed by atoms with E-state index >= 15 is 0 Å². The van der Waals surface area contributed by atoms with Gasteiger partial charge in [0.1, 0.15) is 0 Å². The van der Waals surface area contributed by atoms with Crippen LogP contribution in [0.4, 0.5) is 5.69 Å². The highest BCUT2D eigenvalue weighted by Gasteiger charge is 2.08. The van der Waals surface area contributed by atoms with E-state index in [1.807, 2.05) is 6.07 Å². The lowest BCUT2D eigenvalue weighted by molar-refractivity contribution is 0.882. The first-order valence-corrected chi connectivity index (χ1v) is 6.87. The van der Waals surface area contributed by atoms with Gasteiger partial charge in [0, 0.05) is 16.7 Å². The molecule has 1 atom stereocenters. The van der Waals surface area contributed by atoms with Crippen molar-refractivity contribution in [2.24, 2.45) is 0 Å². The van der Waals surface area contributed by atoms with Crippen molar-refractivity contribution in [2.45, 2.75) is 19.9 Å². The van der Waals surface area contributed by atoms with E-state index in [1.165, 1.54) is 11.1 Å². The minimum absolute atomic E-state index is 0.180. The fourth-order valence-electron chi connectivity index (χ4n) is 1.70. The van der Waals surface area contributed by atoms with E-state index in [0.717, 1.165) is 10.2 Å². The van der Waals surface area contributed by atoms with Gasteiger partial charge in [0.15, 0.2) is 5.15 Å². The van der Waals surface area contributed by atoms with E-state index in [2.05, 4.69) is 64.3 Å². The second-order valence-electron chi connectivity index (χ2n) is 4.27. The molecule has 0 amide bonds. The van der Waals surface area contributed by atoms with E-state index in [1.54, 1.807) is 6.20 Å². The lowest BCUT2D eigenvalue weighted by atomic mass is 10.1. The zero-order chi connectivity index (χ0) is 13.1. The molecular weight excluding hydrogens is 312 g/mol. The number of benzene rings is 1. The van der Waals surface area contributed by atoms with E-state index in [9.17, 15) is 0 Å². The maximum Gasteiger partial charge on any atom is 0.152 e. The van der Waals surface area contributed by atoms with Crippen LogP contribution in [0.25, 0.3) is 0 Å². The third-order valence-electron chi connectivity index (χ3n) is 2.76. The summed E-state index contributed by atoms with van der Waals surface area (Å²) >= 11 is 9.45. The average molecular weight is 326 g/mol. The van der Waals surface area contributed by atoms with Crippen molar-refractivity contribution < 1.29 is 0 Å². The third kappa shape index (κ3) is 3.24. The monoisotopic (exact) mass is 324 g/mol. The SMILES string of the molecule is Cc1ccc(C(C)Nc2cc(Br)cnc2Cl)cc1. The summed E-state index contributed by atoms with van der Waals surface area (Å²) in [5, 5.41) is 3.85. The van der Waals surface area contributed by atoms with Gasteiger partial charge in [0.2, 0.25) is 0 Å². The quantitative estimate of drug-likeness (QED) is 0.805. The molecule has 0 aliphatic carbocycles. The molecule has 0 aliphatic heterocycles. The van der Waals surface area contributed by atoms with Gasteiger partial charge in [-0.2, -0.15) is 0 Å². The second kappa shape index (κ2) is 5.72. The summed E-state index contributed by atoms with van der Waals surface area (Å²) in [7, 11) is 0. The summed E-state index contributed by atoms with van der Waals surface area (Å²) in [4.78, 5) is 4.10. The van der Waals surface area contributed by atoms with Crippen LogP contribution in [0.2, 0.25) is 5.15 Å². The van der Waals surface area contributed by atoms with Gasteiger partial charge in [-0.1, -0.05) is 41.4 Å². The van der Waals surface area contributed by atoms with Crippen molar-refractivity contribution in [1.29, 1.82) is 0 Å².